The van der Waals surface area contributed by atoms with Gasteiger partial charge in [0.15, 0.2) is 5.11 Å². The molecule has 29 heavy (non-hydrogen) atoms. The van der Waals surface area contributed by atoms with Crippen molar-refractivity contribution in [3.05, 3.63) is 70.4 Å². The maximum absolute atomic E-state index is 12.5. The molecule has 0 amide bonds. The van der Waals surface area contributed by atoms with Gasteiger partial charge in [0, 0.05) is 43.7 Å². The number of aromatic nitrogens is 2. The summed E-state index contributed by atoms with van der Waals surface area (Å²) in [5.74, 6) is -0.344. The topological polar surface area (TPSA) is 59.4 Å². The van der Waals surface area contributed by atoms with Gasteiger partial charge in [-0.2, -0.15) is 5.10 Å². The molecule has 0 atom stereocenters. The van der Waals surface area contributed by atoms with E-state index in [1.165, 1.54) is 16.9 Å². The Bertz CT molecular complexity index is 982. The summed E-state index contributed by atoms with van der Waals surface area (Å²) in [6.07, 6.45) is 4.51. The van der Waals surface area contributed by atoms with E-state index in [2.05, 4.69) is 22.5 Å². The van der Waals surface area contributed by atoms with Crippen molar-refractivity contribution in [2.45, 2.75) is 19.9 Å². The third kappa shape index (κ3) is 5.65. The maximum atomic E-state index is 12.5. The van der Waals surface area contributed by atoms with Crippen molar-refractivity contribution in [2.24, 2.45) is 7.05 Å². The highest BCUT2D eigenvalue weighted by Gasteiger charge is 2.19. The molecule has 1 aromatic carbocycles. The van der Waals surface area contributed by atoms with Crippen LogP contribution in [0.15, 0.2) is 48.8 Å². The second kappa shape index (κ2) is 9.67. The number of nitrogens with one attached hydrogen (secondary N) is 1. The van der Waals surface area contributed by atoms with Crippen LogP contribution in [0.25, 0.3) is 0 Å². The zero-order chi connectivity index (χ0) is 20.8. The van der Waals surface area contributed by atoms with Gasteiger partial charge in [-0.05, 0) is 30.8 Å². The van der Waals surface area contributed by atoms with Crippen molar-refractivity contribution in [3.63, 3.8) is 0 Å². The Kier molecular flexibility index (Phi) is 7.00. The largest absolute Gasteiger partial charge is 0.462 e. The average molecular weight is 429 g/mol. The number of ether oxygens (including phenoxy) is 1. The minimum Gasteiger partial charge on any atom is -0.462 e. The van der Waals surface area contributed by atoms with E-state index >= 15 is 0 Å². The number of carbonyl (C=O) groups is 1. The lowest BCUT2D eigenvalue weighted by molar-refractivity contribution is 0.0528. The molecule has 0 aliphatic carbocycles. The molecule has 0 radical (unpaired) electrons. The Labute approximate surface area is 180 Å². The fourth-order valence-corrected chi connectivity index (χ4v) is 4.18. The predicted octanol–water partition coefficient (Wildman–Crippen LogP) is 4.08. The standard InChI is InChI=1S/C21H24N4O2S2/c1-4-27-20(26)18-11-17(10-15-8-6-5-7-9-15)29-19(18)23-21(28)24(2)13-16-12-22-25(3)14-16/h5-9,11-12,14H,4,10,13H2,1-3H3,(H,23,28). The van der Waals surface area contributed by atoms with Crippen molar-refractivity contribution < 1.29 is 9.53 Å². The smallest absolute Gasteiger partial charge is 0.341 e. The van der Waals surface area contributed by atoms with Gasteiger partial charge >= 0.3 is 5.97 Å². The summed E-state index contributed by atoms with van der Waals surface area (Å²) < 4.78 is 6.99. The highest BCUT2D eigenvalue weighted by atomic mass is 32.1. The number of rotatable bonds is 7. The summed E-state index contributed by atoms with van der Waals surface area (Å²) in [5, 5.41) is 8.65. The van der Waals surface area contributed by atoms with Gasteiger partial charge in [-0.25, -0.2) is 4.79 Å². The number of thiophene rings is 1. The van der Waals surface area contributed by atoms with Crippen molar-refractivity contribution in [1.82, 2.24) is 14.7 Å². The Balaban J connectivity index is 1.76. The van der Waals surface area contributed by atoms with Crippen molar-refractivity contribution in [3.8, 4) is 0 Å². The van der Waals surface area contributed by atoms with E-state index < -0.39 is 0 Å². The molecule has 0 fully saturated rings. The van der Waals surface area contributed by atoms with Gasteiger partial charge in [0.2, 0.25) is 0 Å². The fourth-order valence-electron chi connectivity index (χ4n) is 2.87. The first-order chi connectivity index (χ1) is 14.0. The van der Waals surface area contributed by atoms with E-state index in [0.717, 1.165) is 16.9 Å². The first-order valence-electron chi connectivity index (χ1n) is 9.29. The van der Waals surface area contributed by atoms with Gasteiger partial charge in [-0.15, -0.1) is 11.3 Å². The molecule has 2 aromatic heterocycles. The average Bonchev–Trinajstić information content (AvgIpc) is 3.28. The van der Waals surface area contributed by atoms with Crippen molar-refractivity contribution in [2.75, 3.05) is 19.0 Å². The predicted molar refractivity (Wildman–Crippen MR) is 120 cm³/mol. The Morgan fingerprint density at radius 2 is 2.07 bits per heavy atom. The number of carbonyl (C=O) groups excluding carboxylic acids is 1. The second-order valence-electron chi connectivity index (χ2n) is 6.65. The van der Waals surface area contributed by atoms with Crippen LogP contribution in [0.2, 0.25) is 0 Å². The lowest BCUT2D eigenvalue weighted by Gasteiger charge is -2.20. The molecule has 0 aliphatic rings. The van der Waals surface area contributed by atoms with Crippen LogP contribution in [0.1, 0.15) is 33.3 Å². The molecule has 0 saturated carbocycles. The molecule has 0 bridgehead atoms. The SMILES string of the molecule is CCOC(=O)c1cc(Cc2ccccc2)sc1NC(=S)N(C)Cc1cnn(C)c1. The molecule has 0 spiro atoms. The fraction of sp³-hybridized carbons (Fsp3) is 0.286. The van der Waals surface area contributed by atoms with Gasteiger partial charge in [-0.3, -0.25) is 4.68 Å². The molecular weight excluding hydrogens is 404 g/mol. The number of aryl methyl sites for hydroxylation is 1. The van der Waals surface area contributed by atoms with Crippen LogP contribution in [0.4, 0.5) is 5.00 Å². The maximum Gasteiger partial charge on any atom is 0.341 e. The molecular formula is C21H24N4O2S2. The summed E-state index contributed by atoms with van der Waals surface area (Å²) in [7, 11) is 3.79. The summed E-state index contributed by atoms with van der Waals surface area (Å²) in [5.41, 5.74) is 2.76. The van der Waals surface area contributed by atoms with Crippen LogP contribution in [0.5, 0.6) is 0 Å². The Morgan fingerprint density at radius 1 is 1.31 bits per heavy atom. The number of anilines is 1. The van der Waals surface area contributed by atoms with E-state index in [0.29, 0.717) is 28.8 Å². The molecule has 152 valence electrons. The lowest BCUT2D eigenvalue weighted by Crippen LogP contribution is -2.30. The summed E-state index contributed by atoms with van der Waals surface area (Å²) in [4.78, 5) is 15.4. The number of esters is 1. The van der Waals surface area contributed by atoms with Crippen LogP contribution in [-0.4, -0.2) is 39.4 Å². The van der Waals surface area contributed by atoms with E-state index in [-0.39, 0.29) is 5.97 Å². The minimum atomic E-state index is -0.344. The Hall–Kier alpha value is -2.71. The van der Waals surface area contributed by atoms with Crippen LogP contribution in [-0.2, 0) is 24.8 Å². The van der Waals surface area contributed by atoms with E-state index in [1.54, 1.807) is 11.6 Å². The molecule has 0 saturated heterocycles. The zero-order valence-corrected chi connectivity index (χ0v) is 18.3. The summed E-state index contributed by atoms with van der Waals surface area (Å²) >= 11 is 7.08. The molecule has 0 aliphatic heterocycles. The lowest BCUT2D eigenvalue weighted by atomic mass is 10.1. The first kappa shape index (κ1) is 21.0. The molecule has 3 aromatic rings. The number of benzene rings is 1. The second-order valence-corrected chi connectivity index (χ2v) is 8.17. The van der Waals surface area contributed by atoms with Crippen LogP contribution in [0, 0.1) is 0 Å². The monoisotopic (exact) mass is 428 g/mol. The van der Waals surface area contributed by atoms with Crippen LogP contribution in [0.3, 0.4) is 0 Å². The number of nitrogens with zero attached hydrogens (tertiary/aromatic N) is 3. The van der Waals surface area contributed by atoms with Gasteiger partial charge in [0.05, 0.1) is 18.4 Å². The molecule has 8 heteroatoms. The Morgan fingerprint density at radius 3 is 2.72 bits per heavy atom. The van der Waals surface area contributed by atoms with E-state index in [9.17, 15) is 4.79 Å². The quantitative estimate of drug-likeness (QED) is 0.452. The number of hydrogen-bond donors (Lipinski definition) is 1. The molecule has 3 rings (SSSR count). The summed E-state index contributed by atoms with van der Waals surface area (Å²) in [6, 6.07) is 12.0. The first-order valence-corrected chi connectivity index (χ1v) is 10.5. The molecule has 0 unspecified atom stereocenters. The summed E-state index contributed by atoms with van der Waals surface area (Å²) in [6.45, 7) is 2.75. The zero-order valence-electron chi connectivity index (χ0n) is 16.7. The van der Waals surface area contributed by atoms with E-state index in [1.807, 2.05) is 55.7 Å². The third-order valence-electron chi connectivity index (χ3n) is 4.24. The highest BCUT2D eigenvalue weighted by molar-refractivity contribution is 7.80. The molecule has 1 N–H and O–H groups in total. The van der Waals surface area contributed by atoms with Gasteiger partial charge in [0.1, 0.15) is 5.00 Å². The van der Waals surface area contributed by atoms with Gasteiger partial charge in [0.25, 0.3) is 0 Å². The van der Waals surface area contributed by atoms with Crippen molar-refractivity contribution >= 4 is 39.6 Å². The third-order valence-corrected chi connectivity index (χ3v) is 5.71. The van der Waals surface area contributed by atoms with Crippen molar-refractivity contribution in [1.29, 1.82) is 0 Å². The number of thiocarbonyl (C=S) groups is 1. The molecule has 2 heterocycles. The van der Waals surface area contributed by atoms with Gasteiger partial charge < -0.3 is 15.0 Å². The van der Waals surface area contributed by atoms with E-state index in [4.69, 9.17) is 17.0 Å². The highest BCUT2D eigenvalue weighted by Crippen LogP contribution is 2.31. The van der Waals surface area contributed by atoms with Crippen LogP contribution >= 0.6 is 23.6 Å². The molecule has 6 nitrogen and oxygen atoms in total. The normalized spacial score (nSPS) is 10.6. The van der Waals surface area contributed by atoms with Gasteiger partial charge in [-0.1, -0.05) is 30.3 Å². The number of hydrogen-bond acceptors (Lipinski definition) is 5. The minimum absolute atomic E-state index is 0.327. The van der Waals surface area contributed by atoms with Crippen LogP contribution < -0.4 is 5.32 Å².